The van der Waals surface area contributed by atoms with Crippen LogP contribution in [0.3, 0.4) is 0 Å². The van der Waals surface area contributed by atoms with Gasteiger partial charge in [0.2, 0.25) is 0 Å². The fraction of sp³-hybridized carbons (Fsp3) is 0.500. The molecule has 6 heteroatoms. The predicted molar refractivity (Wildman–Crippen MR) is 66.8 cm³/mol. The zero-order chi connectivity index (χ0) is 12.3. The number of rotatable bonds is 3. The first-order valence-electron chi connectivity index (χ1n) is 5.68. The van der Waals surface area contributed by atoms with E-state index in [1.54, 1.807) is 0 Å². The zero-order valence-electron chi connectivity index (χ0n) is 9.83. The summed E-state index contributed by atoms with van der Waals surface area (Å²) < 4.78 is 39.0. The van der Waals surface area contributed by atoms with Crippen molar-refractivity contribution in [3.63, 3.8) is 0 Å². The van der Waals surface area contributed by atoms with Crippen molar-refractivity contribution >= 4 is 12.4 Å². The van der Waals surface area contributed by atoms with Crippen LogP contribution >= 0.6 is 12.4 Å². The second-order valence-electron chi connectivity index (χ2n) is 4.13. The third-order valence-electron chi connectivity index (χ3n) is 3.07. The second-order valence-corrected chi connectivity index (χ2v) is 4.13. The van der Waals surface area contributed by atoms with Crippen LogP contribution in [0, 0.1) is 11.6 Å². The number of alkyl halides is 1. The van der Waals surface area contributed by atoms with Crippen molar-refractivity contribution in [2.45, 2.75) is 6.04 Å². The Hall–Kier alpha value is -0.780. The monoisotopic (exact) mass is 280 g/mol. The summed E-state index contributed by atoms with van der Waals surface area (Å²) in [6.07, 6.45) is 0. The molecular weight excluding hydrogens is 265 g/mol. The quantitative estimate of drug-likeness (QED) is 0.914. The summed E-state index contributed by atoms with van der Waals surface area (Å²) in [5.41, 5.74) is 0.494. The van der Waals surface area contributed by atoms with E-state index in [9.17, 15) is 13.2 Å². The molecule has 1 atom stereocenters. The van der Waals surface area contributed by atoms with Crippen molar-refractivity contribution in [2.24, 2.45) is 0 Å². The van der Waals surface area contributed by atoms with Gasteiger partial charge in [0.05, 0.1) is 6.04 Å². The van der Waals surface area contributed by atoms with E-state index in [-0.39, 0.29) is 12.4 Å². The molecule has 0 aliphatic carbocycles. The van der Waals surface area contributed by atoms with Gasteiger partial charge in [-0.05, 0) is 17.7 Å². The standard InChI is InChI=1S/C12H15F3N2.ClH/c13-8-12(17-5-3-16-4-6-17)9-1-2-10(14)11(15)7-9;/h1-2,7,12,16H,3-6,8H2;1H/t12-;/m0./s1. The lowest BCUT2D eigenvalue weighted by Crippen LogP contribution is -2.45. The molecule has 0 aromatic heterocycles. The van der Waals surface area contributed by atoms with Gasteiger partial charge in [0.15, 0.2) is 11.6 Å². The molecule has 0 saturated carbocycles. The van der Waals surface area contributed by atoms with Crippen molar-refractivity contribution in [1.82, 2.24) is 10.2 Å². The van der Waals surface area contributed by atoms with Crippen LogP contribution in [-0.2, 0) is 0 Å². The highest BCUT2D eigenvalue weighted by atomic mass is 35.5. The summed E-state index contributed by atoms with van der Waals surface area (Å²) in [5.74, 6) is -1.82. The largest absolute Gasteiger partial charge is 0.314 e. The van der Waals surface area contributed by atoms with Crippen LogP contribution in [0.15, 0.2) is 18.2 Å². The van der Waals surface area contributed by atoms with Crippen LogP contribution in [0.5, 0.6) is 0 Å². The molecule has 0 radical (unpaired) electrons. The highest BCUT2D eigenvalue weighted by Gasteiger charge is 2.22. The molecule has 2 rings (SSSR count). The molecule has 0 unspecified atom stereocenters. The smallest absolute Gasteiger partial charge is 0.159 e. The van der Waals surface area contributed by atoms with Crippen molar-refractivity contribution in [2.75, 3.05) is 32.9 Å². The lowest BCUT2D eigenvalue weighted by atomic mass is 10.1. The van der Waals surface area contributed by atoms with Gasteiger partial charge in [0.1, 0.15) is 6.67 Å². The maximum Gasteiger partial charge on any atom is 0.159 e. The van der Waals surface area contributed by atoms with Crippen LogP contribution in [0.1, 0.15) is 11.6 Å². The summed E-state index contributed by atoms with van der Waals surface area (Å²) in [7, 11) is 0. The van der Waals surface area contributed by atoms with E-state index in [1.165, 1.54) is 6.07 Å². The molecule has 0 bridgehead atoms. The van der Waals surface area contributed by atoms with Gasteiger partial charge in [-0.3, -0.25) is 4.90 Å². The zero-order valence-corrected chi connectivity index (χ0v) is 10.7. The highest BCUT2D eigenvalue weighted by Crippen LogP contribution is 2.23. The number of halogens is 4. The van der Waals surface area contributed by atoms with Crippen molar-refractivity contribution in [3.8, 4) is 0 Å². The topological polar surface area (TPSA) is 15.3 Å². The van der Waals surface area contributed by atoms with Crippen molar-refractivity contribution in [3.05, 3.63) is 35.4 Å². The van der Waals surface area contributed by atoms with Gasteiger partial charge in [-0.2, -0.15) is 0 Å². The molecule has 1 aromatic rings. The Bertz CT molecular complexity index is 384. The number of hydrogen-bond donors (Lipinski definition) is 1. The van der Waals surface area contributed by atoms with Crippen molar-refractivity contribution < 1.29 is 13.2 Å². The summed E-state index contributed by atoms with van der Waals surface area (Å²) in [6, 6.07) is 3.11. The Morgan fingerprint density at radius 1 is 1.17 bits per heavy atom. The van der Waals surface area contributed by atoms with Gasteiger partial charge in [-0.15, -0.1) is 12.4 Å². The lowest BCUT2D eigenvalue weighted by Gasteiger charge is -2.33. The molecule has 1 aliphatic rings. The molecule has 1 aromatic carbocycles. The van der Waals surface area contributed by atoms with E-state index in [2.05, 4.69) is 5.32 Å². The first-order chi connectivity index (χ1) is 8.22. The van der Waals surface area contributed by atoms with Crippen LogP contribution in [0.25, 0.3) is 0 Å². The average molecular weight is 281 g/mol. The summed E-state index contributed by atoms with van der Waals surface area (Å²) in [6.45, 7) is 2.42. The Labute approximate surface area is 111 Å². The number of benzene rings is 1. The highest BCUT2D eigenvalue weighted by molar-refractivity contribution is 5.85. The second kappa shape index (κ2) is 6.97. The number of hydrogen-bond acceptors (Lipinski definition) is 2. The molecule has 18 heavy (non-hydrogen) atoms. The molecular formula is C12H16ClF3N2. The van der Waals surface area contributed by atoms with Gasteiger partial charge < -0.3 is 5.32 Å². The normalized spacial score (nSPS) is 18.2. The van der Waals surface area contributed by atoms with Gasteiger partial charge >= 0.3 is 0 Å². The fourth-order valence-corrected chi connectivity index (χ4v) is 2.11. The van der Waals surface area contributed by atoms with Crippen LogP contribution in [0.4, 0.5) is 13.2 Å². The Balaban J connectivity index is 0.00000162. The maximum absolute atomic E-state index is 13.1. The number of nitrogens with zero attached hydrogens (tertiary/aromatic N) is 1. The summed E-state index contributed by atoms with van der Waals surface area (Å²) in [5, 5.41) is 3.17. The Morgan fingerprint density at radius 3 is 2.39 bits per heavy atom. The molecule has 1 saturated heterocycles. The predicted octanol–water partition coefficient (Wildman–Crippen LogP) is 2.30. The van der Waals surface area contributed by atoms with E-state index in [4.69, 9.17) is 0 Å². The Kier molecular flexibility index (Phi) is 5.91. The first kappa shape index (κ1) is 15.3. The molecule has 102 valence electrons. The molecule has 1 N–H and O–H groups in total. The third kappa shape index (κ3) is 3.37. The fourth-order valence-electron chi connectivity index (χ4n) is 2.11. The molecule has 2 nitrogen and oxygen atoms in total. The van der Waals surface area contributed by atoms with Crippen LogP contribution in [0.2, 0.25) is 0 Å². The number of nitrogens with one attached hydrogen (secondary N) is 1. The molecule has 0 spiro atoms. The summed E-state index contributed by atoms with van der Waals surface area (Å²) in [4.78, 5) is 1.95. The average Bonchev–Trinajstić information content (AvgIpc) is 2.36. The van der Waals surface area contributed by atoms with E-state index < -0.39 is 24.4 Å². The lowest BCUT2D eigenvalue weighted by molar-refractivity contribution is 0.147. The maximum atomic E-state index is 13.1. The van der Waals surface area contributed by atoms with Gasteiger partial charge in [0, 0.05) is 26.2 Å². The van der Waals surface area contributed by atoms with E-state index >= 15 is 0 Å². The summed E-state index contributed by atoms with van der Waals surface area (Å²) >= 11 is 0. The molecule has 1 fully saturated rings. The van der Waals surface area contributed by atoms with Gasteiger partial charge in [0.25, 0.3) is 0 Å². The number of piperazine rings is 1. The molecule has 1 aliphatic heterocycles. The first-order valence-corrected chi connectivity index (χ1v) is 5.68. The van der Waals surface area contributed by atoms with Gasteiger partial charge in [-0.1, -0.05) is 6.07 Å². The van der Waals surface area contributed by atoms with Gasteiger partial charge in [-0.25, -0.2) is 13.2 Å². The van der Waals surface area contributed by atoms with Crippen LogP contribution in [-0.4, -0.2) is 37.8 Å². The van der Waals surface area contributed by atoms with Crippen LogP contribution < -0.4 is 5.32 Å². The van der Waals surface area contributed by atoms with E-state index in [0.29, 0.717) is 18.7 Å². The van der Waals surface area contributed by atoms with E-state index in [0.717, 1.165) is 25.2 Å². The minimum absolute atomic E-state index is 0. The Morgan fingerprint density at radius 2 is 1.83 bits per heavy atom. The SMILES string of the molecule is Cl.FC[C@@H](c1ccc(F)c(F)c1)N1CCNCC1. The third-order valence-corrected chi connectivity index (χ3v) is 3.07. The van der Waals surface area contributed by atoms with Crippen molar-refractivity contribution in [1.29, 1.82) is 0 Å². The molecule has 0 amide bonds. The minimum Gasteiger partial charge on any atom is -0.314 e. The molecule has 1 heterocycles. The van der Waals surface area contributed by atoms with E-state index in [1.807, 2.05) is 4.90 Å². The minimum atomic E-state index is -0.920.